The van der Waals surface area contributed by atoms with Gasteiger partial charge in [0.1, 0.15) is 6.54 Å². The number of rotatable bonds is 5. The topological polar surface area (TPSA) is 87.1 Å². The lowest BCUT2D eigenvalue weighted by atomic mass is 10.1. The maximum Gasteiger partial charge on any atom is 0.336 e. The number of aromatic nitrogens is 2. The van der Waals surface area contributed by atoms with Gasteiger partial charge in [0.15, 0.2) is 0 Å². The van der Waals surface area contributed by atoms with Gasteiger partial charge in [-0.05, 0) is 43.0 Å². The van der Waals surface area contributed by atoms with Crippen LogP contribution in [0.3, 0.4) is 0 Å². The predicted octanol–water partition coefficient (Wildman–Crippen LogP) is 2.18. The molecule has 2 aromatic carbocycles. The maximum atomic E-state index is 13.1. The Morgan fingerprint density at radius 1 is 1.04 bits per heavy atom. The summed E-state index contributed by atoms with van der Waals surface area (Å²) in [6, 6.07) is 16.3. The molecule has 0 spiro atoms. The van der Waals surface area contributed by atoms with Gasteiger partial charge < -0.3 is 5.73 Å². The smallest absolute Gasteiger partial charge is 0.336 e. The highest BCUT2D eigenvalue weighted by Gasteiger charge is 2.16. The molecule has 27 heavy (non-hydrogen) atoms. The first kappa shape index (κ1) is 18.7. The minimum absolute atomic E-state index is 0.461. The summed E-state index contributed by atoms with van der Waals surface area (Å²) in [5.74, 6) is -0.749. The Balaban J connectivity index is 2.31. The van der Waals surface area contributed by atoms with Gasteiger partial charge in [-0.15, -0.1) is 11.8 Å². The summed E-state index contributed by atoms with van der Waals surface area (Å²) < 4.78 is 2.28. The normalized spacial score (nSPS) is 10.7. The monoisotopic (exact) mass is 381 g/mol. The third-order valence-electron chi connectivity index (χ3n) is 4.18. The molecule has 6 nitrogen and oxygen atoms in total. The summed E-state index contributed by atoms with van der Waals surface area (Å²) >= 11 is 1.59. The van der Waals surface area contributed by atoms with Crippen LogP contribution in [-0.2, 0) is 11.3 Å². The van der Waals surface area contributed by atoms with Gasteiger partial charge in [-0.25, -0.2) is 4.79 Å². The molecule has 0 aliphatic rings. The van der Waals surface area contributed by atoms with Gasteiger partial charge in [0.2, 0.25) is 5.91 Å². The molecule has 0 saturated heterocycles. The molecule has 3 rings (SSSR count). The van der Waals surface area contributed by atoms with Gasteiger partial charge in [-0.3, -0.25) is 18.7 Å². The molecule has 0 unspecified atom stereocenters. The SMILES string of the molecule is CSc1ccc(-n2c(-c3ccc(C)cc3)cc(=O)n(CC(N)=O)c2=O)cc1. The number of carbonyl (C=O) groups is 1. The van der Waals surface area contributed by atoms with E-state index in [2.05, 4.69) is 0 Å². The molecule has 1 amide bonds. The van der Waals surface area contributed by atoms with E-state index in [0.717, 1.165) is 20.6 Å². The highest BCUT2D eigenvalue weighted by molar-refractivity contribution is 7.98. The molecule has 0 aliphatic carbocycles. The molecule has 2 N–H and O–H groups in total. The van der Waals surface area contributed by atoms with Crippen molar-refractivity contribution in [2.24, 2.45) is 5.73 Å². The Bertz CT molecular complexity index is 1100. The van der Waals surface area contributed by atoms with Crippen LogP contribution >= 0.6 is 11.8 Å². The first-order valence-corrected chi connectivity index (χ1v) is 9.50. The number of nitrogens with two attached hydrogens (primary N) is 1. The van der Waals surface area contributed by atoms with Crippen molar-refractivity contribution in [3.8, 4) is 16.9 Å². The van der Waals surface area contributed by atoms with E-state index in [0.29, 0.717) is 11.4 Å². The number of hydrogen-bond donors (Lipinski definition) is 1. The Morgan fingerprint density at radius 2 is 1.67 bits per heavy atom. The van der Waals surface area contributed by atoms with Gasteiger partial charge in [0.05, 0.1) is 11.4 Å². The Labute approximate surface area is 160 Å². The summed E-state index contributed by atoms with van der Waals surface area (Å²) in [6.45, 7) is 1.50. The molecule has 0 fully saturated rings. The van der Waals surface area contributed by atoms with Crippen LogP contribution in [0.15, 0.2) is 69.1 Å². The summed E-state index contributed by atoms with van der Waals surface area (Å²) in [4.78, 5) is 37.9. The number of aryl methyl sites for hydroxylation is 1. The van der Waals surface area contributed by atoms with Gasteiger partial charge in [0.25, 0.3) is 5.56 Å². The van der Waals surface area contributed by atoms with Crippen LogP contribution in [-0.4, -0.2) is 21.3 Å². The maximum absolute atomic E-state index is 13.1. The highest BCUT2D eigenvalue weighted by atomic mass is 32.2. The van der Waals surface area contributed by atoms with Crippen molar-refractivity contribution in [2.75, 3.05) is 6.26 Å². The van der Waals surface area contributed by atoms with Crippen molar-refractivity contribution >= 4 is 17.7 Å². The fourth-order valence-corrected chi connectivity index (χ4v) is 3.20. The zero-order valence-electron chi connectivity index (χ0n) is 15.0. The van der Waals surface area contributed by atoms with Crippen LogP contribution in [0, 0.1) is 6.92 Å². The van der Waals surface area contributed by atoms with Crippen molar-refractivity contribution in [2.45, 2.75) is 18.4 Å². The molecule has 0 saturated carbocycles. The first-order valence-electron chi connectivity index (χ1n) is 8.27. The van der Waals surface area contributed by atoms with Crippen molar-refractivity contribution in [3.63, 3.8) is 0 Å². The standard InChI is InChI=1S/C20H19N3O3S/c1-13-3-5-14(6-4-13)17-11-19(25)22(12-18(21)24)20(26)23(17)15-7-9-16(27-2)10-8-15/h3-11H,12H2,1-2H3,(H2,21,24). The van der Waals surface area contributed by atoms with Crippen LogP contribution < -0.4 is 17.0 Å². The second-order valence-corrected chi connectivity index (χ2v) is 6.98. The number of carbonyl (C=O) groups excluding carboxylic acids is 1. The van der Waals surface area contributed by atoms with Gasteiger partial charge in [-0.2, -0.15) is 0 Å². The molecular formula is C20H19N3O3S. The van der Waals surface area contributed by atoms with E-state index in [9.17, 15) is 14.4 Å². The van der Waals surface area contributed by atoms with Crippen molar-refractivity contribution in [1.29, 1.82) is 0 Å². The number of nitrogens with zero attached hydrogens (tertiary/aromatic N) is 2. The van der Waals surface area contributed by atoms with Crippen molar-refractivity contribution in [1.82, 2.24) is 9.13 Å². The average molecular weight is 381 g/mol. The summed E-state index contributed by atoms with van der Waals surface area (Å²) in [7, 11) is 0. The minimum atomic E-state index is -0.749. The average Bonchev–Trinajstić information content (AvgIpc) is 2.65. The molecule has 138 valence electrons. The zero-order chi connectivity index (χ0) is 19.6. The van der Waals surface area contributed by atoms with E-state index in [1.807, 2.05) is 61.7 Å². The van der Waals surface area contributed by atoms with E-state index in [1.54, 1.807) is 11.8 Å². The lowest BCUT2D eigenvalue weighted by molar-refractivity contribution is -0.118. The number of benzene rings is 2. The quantitative estimate of drug-likeness (QED) is 0.686. The molecule has 0 aliphatic heterocycles. The van der Waals surface area contributed by atoms with Gasteiger partial charge in [-0.1, -0.05) is 29.8 Å². The molecular weight excluding hydrogens is 362 g/mol. The van der Waals surface area contributed by atoms with Crippen LogP contribution in [0.4, 0.5) is 0 Å². The number of amides is 1. The zero-order valence-corrected chi connectivity index (χ0v) is 15.8. The lowest BCUT2D eigenvalue weighted by Crippen LogP contribution is -2.42. The molecule has 3 aromatic rings. The first-order chi connectivity index (χ1) is 12.9. The largest absolute Gasteiger partial charge is 0.368 e. The number of hydrogen-bond acceptors (Lipinski definition) is 4. The van der Waals surface area contributed by atoms with Crippen molar-refractivity contribution < 1.29 is 4.79 Å². The molecule has 1 heterocycles. The number of primary amides is 1. The van der Waals surface area contributed by atoms with Crippen LogP contribution in [0.1, 0.15) is 5.56 Å². The van der Waals surface area contributed by atoms with Crippen LogP contribution in [0.2, 0.25) is 0 Å². The fraction of sp³-hybridized carbons (Fsp3) is 0.150. The minimum Gasteiger partial charge on any atom is -0.368 e. The van der Waals surface area contributed by atoms with E-state index in [1.165, 1.54) is 10.6 Å². The van der Waals surface area contributed by atoms with Crippen molar-refractivity contribution in [3.05, 3.63) is 81.0 Å². The molecule has 1 aromatic heterocycles. The second kappa shape index (κ2) is 7.67. The summed E-state index contributed by atoms with van der Waals surface area (Å²) in [5, 5.41) is 0. The Morgan fingerprint density at radius 3 is 2.22 bits per heavy atom. The lowest BCUT2D eigenvalue weighted by Gasteiger charge is -2.16. The Kier molecular flexibility index (Phi) is 5.32. The Hall–Kier alpha value is -3.06. The van der Waals surface area contributed by atoms with E-state index >= 15 is 0 Å². The summed E-state index contributed by atoms with van der Waals surface area (Å²) in [5.41, 5.74) is 6.90. The molecule has 0 radical (unpaired) electrons. The van der Waals surface area contributed by atoms with E-state index in [-0.39, 0.29) is 0 Å². The second-order valence-electron chi connectivity index (χ2n) is 6.10. The third kappa shape index (κ3) is 3.88. The van der Waals surface area contributed by atoms with E-state index in [4.69, 9.17) is 5.73 Å². The fourth-order valence-electron chi connectivity index (χ4n) is 2.80. The summed E-state index contributed by atoms with van der Waals surface area (Å²) in [6.07, 6.45) is 1.96. The van der Waals surface area contributed by atoms with Gasteiger partial charge in [0, 0.05) is 11.0 Å². The molecule has 0 atom stereocenters. The van der Waals surface area contributed by atoms with E-state index < -0.39 is 23.7 Å². The van der Waals surface area contributed by atoms with Crippen LogP contribution in [0.25, 0.3) is 16.9 Å². The molecule has 7 heteroatoms. The third-order valence-corrected chi connectivity index (χ3v) is 4.92. The van der Waals surface area contributed by atoms with Crippen LogP contribution in [0.5, 0.6) is 0 Å². The number of thioether (sulfide) groups is 1. The molecule has 0 bridgehead atoms. The highest BCUT2D eigenvalue weighted by Crippen LogP contribution is 2.22. The predicted molar refractivity (Wildman–Crippen MR) is 107 cm³/mol. The van der Waals surface area contributed by atoms with Gasteiger partial charge >= 0.3 is 5.69 Å².